The fraction of sp³-hybridized carbons (Fsp3) is 0.348. The third-order valence-electron chi connectivity index (χ3n) is 5.15. The van der Waals surface area contributed by atoms with Crippen molar-refractivity contribution < 1.29 is 13.9 Å². The Morgan fingerprint density at radius 1 is 1.00 bits per heavy atom. The zero-order chi connectivity index (χ0) is 19.2. The number of benzene rings is 2. The highest BCUT2D eigenvalue weighted by atomic mass is 16.5. The fourth-order valence-electron chi connectivity index (χ4n) is 3.59. The van der Waals surface area contributed by atoms with Crippen molar-refractivity contribution in [2.45, 2.75) is 25.9 Å². The van der Waals surface area contributed by atoms with Gasteiger partial charge >= 0.3 is 0 Å². The van der Waals surface area contributed by atoms with Crippen LogP contribution in [0.4, 0.5) is 0 Å². The summed E-state index contributed by atoms with van der Waals surface area (Å²) in [5.74, 6) is 1.57. The van der Waals surface area contributed by atoms with Crippen molar-refractivity contribution in [2.75, 3.05) is 26.2 Å². The Bertz CT molecular complexity index is 928. The molecule has 0 bridgehead atoms. The number of rotatable bonds is 7. The summed E-state index contributed by atoms with van der Waals surface area (Å²) in [5.41, 5.74) is 0. The lowest BCUT2D eigenvalue weighted by Crippen LogP contribution is -2.37. The Kier molecular flexibility index (Phi) is 5.92. The Labute approximate surface area is 165 Å². The minimum atomic E-state index is -0.172. The molecule has 1 fully saturated rings. The predicted molar refractivity (Wildman–Crippen MR) is 110 cm³/mol. The van der Waals surface area contributed by atoms with Crippen LogP contribution in [-0.4, -0.2) is 37.0 Å². The van der Waals surface area contributed by atoms with Gasteiger partial charge in [-0.15, -0.1) is 0 Å². The standard InChI is InChI=1S/C23H26N2O3/c26-23(24-12-15-25-13-4-1-5-14-25)22-11-10-21(28-22)17-27-20-9-8-18-6-2-3-7-19(18)16-20/h2-3,6-11,16H,1,4-5,12-15,17H2,(H,24,26). The number of nitrogens with zero attached hydrogens (tertiary/aromatic N) is 1. The minimum absolute atomic E-state index is 0.172. The summed E-state index contributed by atoms with van der Waals surface area (Å²) in [7, 11) is 0. The minimum Gasteiger partial charge on any atom is -0.486 e. The molecule has 1 amide bonds. The molecule has 0 saturated carbocycles. The summed E-state index contributed by atoms with van der Waals surface area (Å²) in [5, 5.41) is 5.25. The second kappa shape index (κ2) is 8.93. The van der Waals surface area contributed by atoms with Crippen molar-refractivity contribution in [3.8, 4) is 5.75 Å². The second-order valence-electron chi connectivity index (χ2n) is 7.22. The Balaban J connectivity index is 1.26. The summed E-state index contributed by atoms with van der Waals surface area (Å²) in [6, 6.07) is 17.6. The number of carbonyl (C=O) groups excluding carboxylic acids is 1. The van der Waals surface area contributed by atoms with Crippen molar-refractivity contribution in [3.63, 3.8) is 0 Å². The van der Waals surface area contributed by atoms with Crippen molar-refractivity contribution in [3.05, 3.63) is 66.1 Å². The van der Waals surface area contributed by atoms with Crippen LogP contribution in [0.15, 0.2) is 59.0 Å². The molecule has 0 unspecified atom stereocenters. The number of amides is 1. The first kappa shape index (κ1) is 18.6. The van der Waals surface area contributed by atoms with E-state index < -0.39 is 0 Å². The van der Waals surface area contributed by atoms with Gasteiger partial charge < -0.3 is 19.4 Å². The molecule has 4 rings (SSSR count). The fourth-order valence-corrected chi connectivity index (χ4v) is 3.59. The average molecular weight is 378 g/mol. The number of carbonyl (C=O) groups is 1. The predicted octanol–water partition coefficient (Wildman–Crippen LogP) is 4.23. The molecule has 146 valence electrons. The SMILES string of the molecule is O=C(NCCN1CCCCC1)c1ccc(COc2ccc3ccccc3c2)o1. The normalized spacial score (nSPS) is 14.9. The van der Waals surface area contributed by atoms with Gasteiger partial charge in [-0.25, -0.2) is 0 Å². The summed E-state index contributed by atoms with van der Waals surface area (Å²) in [6.45, 7) is 4.09. The molecule has 28 heavy (non-hydrogen) atoms. The quantitative estimate of drug-likeness (QED) is 0.669. The molecule has 1 aliphatic rings. The lowest BCUT2D eigenvalue weighted by molar-refractivity contribution is 0.0915. The van der Waals surface area contributed by atoms with E-state index in [1.807, 2.05) is 30.3 Å². The molecule has 1 saturated heterocycles. The molecule has 0 spiro atoms. The number of fused-ring (bicyclic) bond motifs is 1. The smallest absolute Gasteiger partial charge is 0.287 e. The lowest BCUT2D eigenvalue weighted by atomic mass is 10.1. The highest BCUT2D eigenvalue weighted by molar-refractivity contribution is 5.91. The van der Waals surface area contributed by atoms with Gasteiger partial charge in [-0.2, -0.15) is 0 Å². The Morgan fingerprint density at radius 2 is 1.82 bits per heavy atom. The summed E-state index contributed by atoms with van der Waals surface area (Å²) in [4.78, 5) is 14.7. The molecule has 2 heterocycles. The van der Waals surface area contributed by atoms with Crippen LogP contribution >= 0.6 is 0 Å². The van der Waals surface area contributed by atoms with E-state index in [0.29, 0.717) is 24.7 Å². The van der Waals surface area contributed by atoms with Gasteiger partial charge in [-0.05, 0) is 61.0 Å². The van der Waals surface area contributed by atoms with Gasteiger partial charge in [0.1, 0.15) is 18.1 Å². The summed E-state index contributed by atoms with van der Waals surface area (Å²) < 4.78 is 11.5. The van der Waals surface area contributed by atoms with Crippen molar-refractivity contribution >= 4 is 16.7 Å². The maximum atomic E-state index is 12.3. The lowest BCUT2D eigenvalue weighted by Gasteiger charge is -2.26. The molecule has 3 aromatic rings. The van der Waals surface area contributed by atoms with Gasteiger partial charge in [0.15, 0.2) is 5.76 Å². The van der Waals surface area contributed by atoms with Gasteiger partial charge in [0.25, 0.3) is 5.91 Å². The van der Waals surface area contributed by atoms with Gasteiger partial charge in [0, 0.05) is 13.1 Å². The number of hydrogen-bond acceptors (Lipinski definition) is 4. The highest BCUT2D eigenvalue weighted by Gasteiger charge is 2.13. The number of likely N-dealkylation sites (tertiary alicyclic amines) is 1. The van der Waals surface area contributed by atoms with Gasteiger partial charge in [-0.3, -0.25) is 4.79 Å². The topological polar surface area (TPSA) is 54.7 Å². The molecule has 0 aliphatic carbocycles. The van der Waals surface area contributed by atoms with Crippen LogP contribution < -0.4 is 10.1 Å². The largest absolute Gasteiger partial charge is 0.486 e. The van der Waals surface area contributed by atoms with Crippen molar-refractivity contribution in [1.29, 1.82) is 0 Å². The number of nitrogens with one attached hydrogen (secondary N) is 1. The monoisotopic (exact) mass is 378 g/mol. The van der Waals surface area contributed by atoms with E-state index in [1.54, 1.807) is 12.1 Å². The average Bonchev–Trinajstić information content (AvgIpc) is 3.22. The Hall–Kier alpha value is -2.79. The van der Waals surface area contributed by atoms with Crippen molar-refractivity contribution in [1.82, 2.24) is 10.2 Å². The van der Waals surface area contributed by atoms with Gasteiger partial charge in [0.2, 0.25) is 0 Å². The number of hydrogen-bond donors (Lipinski definition) is 1. The molecule has 1 aliphatic heterocycles. The molecule has 2 aromatic carbocycles. The van der Waals surface area contributed by atoms with E-state index in [0.717, 1.165) is 30.8 Å². The second-order valence-corrected chi connectivity index (χ2v) is 7.22. The van der Waals surface area contributed by atoms with E-state index in [1.165, 1.54) is 24.6 Å². The van der Waals surface area contributed by atoms with Crippen LogP contribution in [0.25, 0.3) is 10.8 Å². The van der Waals surface area contributed by atoms with Crippen LogP contribution in [-0.2, 0) is 6.61 Å². The van der Waals surface area contributed by atoms with Crippen LogP contribution in [0.3, 0.4) is 0 Å². The number of piperidine rings is 1. The third-order valence-corrected chi connectivity index (χ3v) is 5.15. The van der Waals surface area contributed by atoms with Crippen LogP contribution in [0.5, 0.6) is 5.75 Å². The summed E-state index contributed by atoms with van der Waals surface area (Å²) >= 11 is 0. The first-order valence-corrected chi connectivity index (χ1v) is 9.99. The molecule has 0 atom stereocenters. The van der Waals surface area contributed by atoms with Crippen LogP contribution in [0.2, 0.25) is 0 Å². The zero-order valence-corrected chi connectivity index (χ0v) is 16.0. The molecule has 0 radical (unpaired) electrons. The van der Waals surface area contributed by atoms with E-state index in [-0.39, 0.29) is 5.91 Å². The maximum absolute atomic E-state index is 12.3. The molecular weight excluding hydrogens is 352 g/mol. The first-order valence-electron chi connectivity index (χ1n) is 9.99. The van der Waals surface area contributed by atoms with E-state index in [2.05, 4.69) is 22.3 Å². The highest BCUT2D eigenvalue weighted by Crippen LogP contribution is 2.21. The molecule has 5 heteroatoms. The molecule has 1 aromatic heterocycles. The van der Waals surface area contributed by atoms with Crippen LogP contribution in [0, 0.1) is 0 Å². The molecular formula is C23H26N2O3. The molecule has 1 N–H and O–H groups in total. The van der Waals surface area contributed by atoms with E-state index >= 15 is 0 Å². The number of furan rings is 1. The first-order chi connectivity index (χ1) is 13.8. The summed E-state index contributed by atoms with van der Waals surface area (Å²) in [6.07, 6.45) is 3.83. The maximum Gasteiger partial charge on any atom is 0.287 e. The third kappa shape index (κ3) is 4.73. The van der Waals surface area contributed by atoms with E-state index in [9.17, 15) is 4.79 Å². The number of ether oxygens (including phenoxy) is 1. The Morgan fingerprint density at radius 3 is 2.68 bits per heavy atom. The molecule has 5 nitrogen and oxygen atoms in total. The van der Waals surface area contributed by atoms with E-state index in [4.69, 9.17) is 9.15 Å². The zero-order valence-electron chi connectivity index (χ0n) is 16.0. The van der Waals surface area contributed by atoms with Crippen LogP contribution in [0.1, 0.15) is 35.6 Å². The van der Waals surface area contributed by atoms with Gasteiger partial charge in [0.05, 0.1) is 0 Å². The van der Waals surface area contributed by atoms with Crippen molar-refractivity contribution in [2.24, 2.45) is 0 Å². The van der Waals surface area contributed by atoms with Gasteiger partial charge in [-0.1, -0.05) is 36.8 Å².